The molecule has 3 atom stereocenters. The van der Waals surface area contributed by atoms with Gasteiger partial charge in [-0.1, -0.05) is 26.7 Å². The van der Waals surface area contributed by atoms with Crippen molar-refractivity contribution in [2.45, 2.75) is 58.4 Å². The Morgan fingerprint density at radius 1 is 1.29 bits per heavy atom. The van der Waals surface area contributed by atoms with Crippen LogP contribution in [0, 0.1) is 23.5 Å². The molecule has 1 aromatic carbocycles. The number of nitrogens with one attached hydrogen (secondary N) is 1. The molecule has 3 unspecified atom stereocenters. The standard InChI is InChI=1S/C18H27F2N/c1-3-9-21-18(14-6-4-5-13(2)10-14)12-15-11-16(19)7-8-17(15)20/h7-8,11,13-14,18,21H,3-6,9-10,12H2,1-2H3. The Hall–Kier alpha value is -0.960. The van der Waals surface area contributed by atoms with E-state index in [1.54, 1.807) is 0 Å². The van der Waals surface area contributed by atoms with Crippen molar-refractivity contribution in [3.8, 4) is 0 Å². The van der Waals surface area contributed by atoms with Gasteiger partial charge in [0.05, 0.1) is 0 Å². The number of halogens is 2. The van der Waals surface area contributed by atoms with Crippen LogP contribution >= 0.6 is 0 Å². The largest absolute Gasteiger partial charge is 0.313 e. The number of hydrogen-bond acceptors (Lipinski definition) is 1. The second-order valence-corrected chi connectivity index (χ2v) is 6.53. The van der Waals surface area contributed by atoms with Crippen molar-refractivity contribution in [1.82, 2.24) is 5.32 Å². The highest BCUT2D eigenvalue weighted by molar-refractivity contribution is 5.20. The molecule has 1 N–H and O–H groups in total. The number of benzene rings is 1. The van der Waals surface area contributed by atoms with E-state index < -0.39 is 0 Å². The van der Waals surface area contributed by atoms with Gasteiger partial charge in [-0.05, 0) is 67.8 Å². The normalized spacial score (nSPS) is 24.0. The maximum Gasteiger partial charge on any atom is 0.126 e. The average Bonchev–Trinajstić information content (AvgIpc) is 2.47. The van der Waals surface area contributed by atoms with Crippen LogP contribution in [0.2, 0.25) is 0 Å². The highest BCUT2D eigenvalue weighted by Gasteiger charge is 2.27. The first-order valence-corrected chi connectivity index (χ1v) is 8.27. The minimum absolute atomic E-state index is 0.254. The van der Waals surface area contributed by atoms with Gasteiger partial charge in [-0.25, -0.2) is 8.78 Å². The Morgan fingerprint density at radius 3 is 2.81 bits per heavy atom. The second kappa shape index (κ2) is 7.88. The summed E-state index contributed by atoms with van der Waals surface area (Å²) in [5, 5.41) is 3.57. The molecule has 1 aromatic rings. The van der Waals surface area contributed by atoms with Crippen LogP contribution in [0.5, 0.6) is 0 Å². The summed E-state index contributed by atoms with van der Waals surface area (Å²) in [7, 11) is 0. The van der Waals surface area contributed by atoms with E-state index in [1.807, 2.05) is 0 Å². The molecule has 0 bridgehead atoms. The maximum absolute atomic E-state index is 13.9. The van der Waals surface area contributed by atoms with Crippen LogP contribution in [0.1, 0.15) is 51.5 Å². The van der Waals surface area contributed by atoms with E-state index >= 15 is 0 Å². The molecule has 0 aromatic heterocycles. The Kier molecular flexibility index (Phi) is 6.16. The molecule has 2 rings (SSSR count). The third-order valence-electron chi connectivity index (χ3n) is 4.65. The minimum atomic E-state index is -0.349. The SMILES string of the molecule is CCCNC(Cc1cc(F)ccc1F)C1CCCC(C)C1. The first-order chi connectivity index (χ1) is 10.1. The van der Waals surface area contributed by atoms with Crippen molar-refractivity contribution in [3.63, 3.8) is 0 Å². The molecule has 118 valence electrons. The third kappa shape index (κ3) is 4.77. The zero-order chi connectivity index (χ0) is 15.2. The average molecular weight is 295 g/mol. The highest BCUT2D eigenvalue weighted by atomic mass is 19.1. The number of rotatable bonds is 6. The van der Waals surface area contributed by atoms with E-state index in [0.29, 0.717) is 17.9 Å². The fourth-order valence-electron chi connectivity index (χ4n) is 3.52. The molecule has 1 aliphatic rings. The first-order valence-electron chi connectivity index (χ1n) is 8.27. The molecular formula is C18H27F2N. The molecule has 0 spiro atoms. The molecule has 1 fully saturated rings. The van der Waals surface area contributed by atoms with Gasteiger partial charge in [0.15, 0.2) is 0 Å². The van der Waals surface area contributed by atoms with Crippen LogP contribution in [0.25, 0.3) is 0 Å². The summed E-state index contributed by atoms with van der Waals surface area (Å²) in [6.45, 7) is 5.37. The zero-order valence-corrected chi connectivity index (χ0v) is 13.2. The summed E-state index contributed by atoms with van der Waals surface area (Å²) < 4.78 is 27.3. The van der Waals surface area contributed by atoms with Crippen LogP contribution in [-0.4, -0.2) is 12.6 Å². The van der Waals surface area contributed by atoms with Gasteiger partial charge in [0, 0.05) is 6.04 Å². The van der Waals surface area contributed by atoms with Crippen molar-refractivity contribution in [3.05, 3.63) is 35.4 Å². The highest BCUT2D eigenvalue weighted by Crippen LogP contribution is 2.32. The van der Waals surface area contributed by atoms with Gasteiger partial charge in [0.25, 0.3) is 0 Å². The van der Waals surface area contributed by atoms with E-state index in [0.717, 1.165) is 18.9 Å². The summed E-state index contributed by atoms with van der Waals surface area (Å²) in [6, 6.07) is 4.03. The van der Waals surface area contributed by atoms with Crippen molar-refractivity contribution in [2.75, 3.05) is 6.54 Å². The predicted octanol–water partition coefficient (Wildman–Crippen LogP) is 4.70. The molecule has 1 nitrogen and oxygen atoms in total. The van der Waals surface area contributed by atoms with Crippen LogP contribution in [0.15, 0.2) is 18.2 Å². The third-order valence-corrected chi connectivity index (χ3v) is 4.65. The molecule has 0 aliphatic heterocycles. The second-order valence-electron chi connectivity index (χ2n) is 6.53. The topological polar surface area (TPSA) is 12.0 Å². The molecular weight excluding hydrogens is 268 g/mol. The number of hydrogen-bond donors (Lipinski definition) is 1. The quantitative estimate of drug-likeness (QED) is 0.802. The lowest BCUT2D eigenvalue weighted by Gasteiger charge is -2.34. The monoisotopic (exact) mass is 295 g/mol. The maximum atomic E-state index is 13.9. The van der Waals surface area contributed by atoms with Crippen molar-refractivity contribution in [1.29, 1.82) is 0 Å². The Labute approximate surface area is 127 Å². The Morgan fingerprint density at radius 2 is 2.10 bits per heavy atom. The molecule has 0 saturated heterocycles. The lowest BCUT2D eigenvalue weighted by atomic mass is 9.77. The summed E-state index contributed by atoms with van der Waals surface area (Å²) in [6.07, 6.45) is 6.58. The molecule has 1 saturated carbocycles. The molecule has 1 aliphatic carbocycles. The lowest BCUT2D eigenvalue weighted by molar-refractivity contribution is 0.220. The van der Waals surface area contributed by atoms with E-state index in [1.165, 1.54) is 43.9 Å². The summed E-state index contributed by atoms with van der Waals surface area (Å²) in [4.78, 5) is 0. The molecule has 0 amide bonds. The van der Waals surface area contributed by atoms with E-state index in [2.05, 4.69) is 19.2 Å². The van der Waals surface area contributed by atoms with Gasteiger partial charge in [0.2, 0.25) is 0 Å². The fourth-order valence-corrected chi connectivity index (χ4v) is 3.52. The van der Waals surface area contributed by atoms with Gasteiger partial charge in [-0.15, -0.1) is 0 Å². The van der Waals surface area contributed by atoms with Gasteiger partial charge in [-0.3, -0.25) is 0 Å². The van der Waals surface area contributed by atoms with Crippen molar-refractivity contribution < 1.29 is 8.78 Å². The fraction of sp³-hybridized carbons (Fsp3) is 0.667. The summed E-state index contributed by atoms with van der Waals surface area (Å²) in [5.41, 5.74) is 0.502. The van der Waals surface area contributed by atoms with Crippen LogP contribution in [-0.2, 0) is 6.42 Å². The van der Waals surface area contributed by atoms with E-state index in [-0.39, 0.29) is 17.7 Å². The van der Waals surface area contributed by atoms with Crippen LogP contribution < -0.4 is 5.32 Å². The van der Waals surface area contributed by atoms with Crippen molar-refractivity contribution >= 4 is 0 Å². The molecule has 21 heavy (non-hydrogen) atoms. The first kappa shape index (κ1) is 16.4. The smallest absolute Gasteiger partial charge is 0.126 e. The zero-order valence-electron chi connectivity index (χ0n) is 13.2. The Balaban J connectivity index is 2.09. The lowest BCUT2D eigenvalue weighted by Crippen LogP contribution is -2.40. The summed E-state index contributed by atoms with van der Waals surface area (Å²) in [5.74, 6) is 0.677. The predicted molar refractivity (Wildman–Crippen MR) is 83.3 cm³/mol. The van der Waals surface area contributed by atoms with E-state index in [4.69, 9.17) is 0 Å². The van der Waals surface area contributed by atoms with E-state index in [9.17, 15) is 8.78 Å². The molecule has 0 radical (unpaired) electrons. The summed E-state index contributed by atoms with van der Waals surface area (Å²) >= 11 is 0. The molecule has 3 heteroatoms. The minimum Gasteiger partial charge on any atom is -0.313 e. The van der Waals surface area contributed by atoms with Crippen LogP contribution in [0.4, 0.5) is 8.78 Å². The van der Waals surface area contributed by atoms with Gasteiger partial charge < -0.3 is 5.32 Å². The van der Waals surface area contributed by atoms with Crippen molar-refractivity contribution in [2.24, 2.45) is 11.8 Å². The van der Waals surface area contributed by atoms with Crippen LogP contribution in [0.3, 0.4) is 0 Å². The molecule has 0 heterocycles. The van der Waals surface area contributed by atoms with Gasteiger partial charge >= 0.3 is 0 Å². The Bertz CT molecular complexity index is 447. The van der Waals surface area contributed by atoms with Gasteiger partial charge in [-0.2, -0.15) is 0 Å². The van der Waals surface area contributed by atoms with Gasteiger partial charge in [0.1, 0.15) is 11.6 Å².